The molecule has 3 heteroatoms. The second-order valence-electron chi connectivity index (χ2n) is 21.1. The summed E-state index contributed by atoms with van der Waals surface area (Å²) < 4.78 is 13.4. The van der Waals surface area contributed by atoms with Gasteiger partial charge in [0, 0.05) is 73.9 Å². The maximum absolute atomic E-state index is 6.70. The summed E-state index contributed by atoms with van der Waals surface area (Å²) >= 11 is 0. The largest absolute Gasteiger partial charge is 0.452 e. The molecule has 2 aliphatic carbocycles. The fourth-order valence-electron chi connectivity index (χ4n) is 11.8. The van der Waals surface area contributed by atoms with Crippen LogP contribution in [0, 0.1) is 42.5 Å². The van der Waals surface area contributed by atoms with Crippen LogP contribution in [0.3, 0.4) is 0 Å². The van der Waals surface area contributed by atoms with Crippen LogP contribution in [0.25, 0.3) is 0 Å². The SMILES string of the molecule is CC.CC.CC.CC.Cc1ccc2c(c1)C1(CC2(C)C)CC(C)(C)c2ccc(C)cc21.Cc1ccccc1.Cc1ccccc1.[CH3-].[CH3-].[Y].c1ccc(C2CC3(CC(c4ccccc4)c4ccccc4O3)Oc3ccccc32)cc1. The van der Waals surface area contributed by atoms with E-state index in [1.54, 1.807) is 22.3 Å². The fraction of sp³-hybridized carbons (Fsp3) is 0.342. The molecule has 8 aromatic rings. The van der Waals surface area contributed by atoms with Gasteiger partial charge in [-0.25, -0.2) is 0 Å². The number of hydrogen-bond acceptors (Lipinski definition) is 2. The Morgan fingerprint density at radius 3 is 0.937 bits per heavy atom. The third kappa shape index (κ3) is 16.8. The van der Waals surface area contributed by atoms with Crippen molar-refractivity contribution in [3.63, 3.8) is 0 Å². The van der Waals surface area contributed by atoms with Crippen molar-refractivity contribution in [1.29, 1.82) is 0 Å². The van der Waals surface area contributed by atoms with Crippen LogP contribution in [-0.4, -0.2) is 5.79 Å². The molecule has 2 nitrogen and oxygen atoms in total. The number of aryl methyl sites for hydroxylation is 4. The Morgan fingerprint density at radius 1 is 0.342 bits per heavy atom. The Balaban J connectivity index is 0.000000390. The third-order valence-corrected chi connectivity index (χ3v) is 14.8. The first kappa shape index (κ1) is 69.6. The Kier molecular flexibility index (Phi) is 28.8. The first-order valence-electron chi connectivity index (χ1n) is 28.7. The van der Waals surface area contributed by atoms with Crippen molar-refractivity contribution in [3.8, 4) is 11.5 Å². The van der Waals surface area contributed by atoms with Gasteiger partial charge in [0.2, 0.25) is 0 Å². The van der Waals surface area contributed by atoms with Crippen LogP contribution in [0.5, 0.6) is 11.5 Å². The van der Waals surface area contributed by atoms with Crippen molar-refractivity contribution in [3.05, 3.63) is 288 Å². The zero-order valence-electron chi connectivity index (χ0n) is 52.0. The molecule has 0 amide bonds. The van der Waals surface area contributed by atoms with Crippen molar-refractivity contribution in [2.45, 2.75) is 170 Å². The van der Waals surface area contributed by atoms with Gasteiger partial charge in [-0.2, -0.15) is 0 Å². The number of fused-ring (bicyclic) bond motifs is 6. The van der Waals surface area contributed by atoms with Crippen molar-refractivity contribution in [2.75, 3.05) is 0 Å². The van der Waals surface area contributed by atoms with Crippen molar-refractivity contribution in [1.82, 2.24) is 0 Å². The van der Waals surface area contributed by atoms with Gasteiger partial charge < -0.3 is 24.3 Å². The molecule has 2 aliphatic heterocycles. The summed E-state index contributed by atoms with van der Waals surface area (Å²) in [6.45, 7) is 34.3. The van der Waals surface area contributed by atoms with Gasteiger partial charge in [0.15, 0.2) is 0 Å². The van der Waals surface area contributed by atoms with Gasteiger partial charge in [-0.15, -0.1) is 0 Å². The minimum Gasteiger partial charge on any atom is -0.452 e. The summed E-state index contributed by atoms with van der Waals surface area (Å²) in [5, 5.41) is 0. The van der Waals surface area contributed by atoms with E-state index in [0.29, 0.717) is 0 Å². The van der Waals surface area contributed by atoms with E-state index in [-0.39, 0.29) is 75.6 Å². The van der Waals surface area contributed by atoms with Gasteiger partial charge in [-0.3, -0.25) is 0 Å². The fourth-order valence-corrected chi connectivity index (χ4v) is 11.8. The van der Waals surface area contributed by atoms with Gasteiger partial charge in [-0.1, -0.05) is 299 Å². The second kappa shape index (κ2) is 32.7. The monoisotopic (exact) mass is 1130 g/mol. The molecule has 0 aromatic heterocycles. The molecule has 8 aromatic carbocycles. The summed E-state index contributed by atoms with van der Waals surface area (Å²) in [4.78, 5) is 0. The van der Waals surface area contributed by atoms with Crippen molar-refractivity contribution in [2.24, 2.45) is 0 Å². The average Bonchev–Trinajstić information content (AvgIpc) is 3.90. The topological polar surface area (TPSA) is 18.5 Å². The van der Waals surface area contributed by atoms with Crippen LogP contribution in [-0.2, 0) is 49.0 Å². The predicted molar refractivity (Wildman–Crippen MR) is 342 cm³/mol. The van der Waals surface area contributed by atoms with Crippen LogP contribution in [0.15, 0.2) is 206 Å². The molecular weight excluding hydrogens is 1030 g/mol. The van der Waals surface area contributed by atoms with Crippen LogP contribution >= 0.6 is 0 Å². The molecule has 79 heavy (non-hydrogen) atoms. The van der Waals surface area contributed by atoms with E-state index in [1.807, 2.05) is 104 Å². The summed E-state index contributed by atoms with van der Waals surface area (Å²) in [5.74, 6) is 1.60. The number of rotatable bonds is 2. The molecule has 2 heterocycles. The number of ether oxygens (including phenoxy) is 2. The Bertz CT molecular complexity index is 2750. The average molecular weight is 1130 g/mol. The van der Waals surface area contributed by atoms with E-state index in [9.17, 15) is 0 Å². The third-order valence-electron chi connectivity index (χ3n) is 14.8. The standard InChI is InChI=1S/C29H24O2.C23H28.2C7H8.4C2H6.2CH3.Y/c1-3-11-21(12-4-1)25-19-29(30-27-17-9-7-15-23(25)27)20-26(22-13-5-2-6-14-22)24-16-8-10-18-28(24)31-29;1-15-7-9-17-19(11-15)23(13-21(17,3)4)14-22(5,6)18-10-8-16(2)12-20(18)23;2*1-7-5-3-2-4-6-7;4*1-2;;;/h1-18,25-26H,19-20H2;7-12H,13-14H2,1-6H3;2*2-6H,1H3;4*1-2H3;2*1H3;/q;;;;;;;;2*-1;. The molecule has 0 saturated heterocycles. The Hall–Kier alpha value is -5.54. The van der Waals surface area contributed by atoms with Crippen LogP contribution in [0.4, 0.5) is 0 Å². The first-order valence-corrected chi connectivity index (χ1v) is 28.7. The van der Waals surface area contributed by atoms with E-state index >= 15 is 0 Å². The van der Waals surface area contributed by atoms with Gasteiger partial charge in [0.25, 0.3) is 5.79 Å². The van der Waals surface area contributed by atoms with Crippen LogP contribution in [0.1, 0.15) is 187 Å². The smallest absolute Gasteiger partial charge is 0.253 e. The number of benzene rings is 8. The van der Waals surface area contributed by atoms with Crippen molar-refractivity contribution >= 4 is 0 Å². The maximum Gasteiger partial charge on any atom is 0.253 e. The molecule has 2 atom stereocenters. The second-order valence-corrected chi connectivity index (χ2v) is 21.1. The van der Waals surface area contributed by atoms with E-state index in [2.05, 4.69) is 213 Å². The summed E-state index contributed by atoms with van der Waals surface area (Å²) in [5.41, 5.74) is 17.5. The molecule has 2 spiro atoms. The molecule has 0 fully saturated rings. The first-order chi connectivity index (χ1) is 36.8. The van der Waals surface area contributed by atoms with Crippen LogP contribution in [0.2, 0.25) is 0 Å². The van der Waals surface area contributed by atoms with Crippen molar-refractivity contribution < 1.29 is 42.2 Å². The Labute approximate surface area is 508 Å². The van der Waals surface area contributed by atoms with E-state index in [1.165, 1.54) is 57.3 Å². The van der Waals surface area contributed by atoms with E-state index < -0.39 is 5.79 Å². The molecule has 12 rings (SSSR count). The molecule has 0 N–H and O–H groups in total. The predicted octanol–water partition coefficient (Wildman–Crippen LogP) is 21.9. The zero-order chi connectivity index (χ0) is 55.5. The van der Waals surface area contributed by atoms with Gasteiger partial charge in [0.05, 0.1) is 0 Å². The van der Waals surface area contributed by atoms with E-state index in [4.69, 9.17) is 9.47 Å². The molecule has 0 saturated carbocycles. The normalized spacial score (nSPS) is 17.7. The summed E-state index contributed by atoms with van der Waals surface area (Å²) in [7, 11) is 0. The molecule has 0 bridgehead atoms. The molecule has 1 radical (unpaired) electrons. The van der Waals surface area contributed by atoms with Gasteiger partial charge in [-0.05, 0) is 96.9 Å². The molecule has 419 valence electrons. The van der Waals surface area contributed by atoms with Gasteiger partial charge >= 0.3 is 0 Å². The molecule has 4 aliphatic rings. The number of para-hydroxylation sites is 2. The minimum absolute atomic E-state index is 0. The molecular formula is C76H98O2Y-2. The minimum atomic E-state index is -0.705. The summed E-state index contributed by atoms with van der Waals surface area (Å²) in [6, 6.07) is 73.1. The van der Waals surface area contributed by atoms with Crippen LogP contribution < -0.4 is 9.47 Å². The van der Waals surface area contributed by atoms with Gasteiger partial charge in [0.1, 0.15) is 11.5 Å². The quantitative estimate of drug-likeness (QED) is 0.161. The van der Waals surface area contributed by atoms with E-state index in [0.717, 1.165) is 24.3 Å². The number of hydrogen-bond donors (Lipinski definition) is 0. The maximum atomic E-state index is 6.70. The summed E-state index contributed by atoms with van der Waals surface area (Å²) in [6.07, 6.45) is 4.04. The zero-order valence-corrected chi connectivity index (χ0v) is 54.8. The Morgan fingerprint density at radius 2 is 0.633 bits per heavy atom. The molecule has 2 unspecified atom stereocenters.